The fourth-order valence-corrected chi connectivity index (χ4v) is 3.52. The minimum Gasteiger partial charge on any atom is -0.373 e. The molecule has 1 fully saturated rings. The molecular weight excluding hydrogens is 332 g/mol. The van der Waals surface area contributed by atoms with Gasteiger partial charge in [-0.25, -0.2) is 0 Å². The summed E-state index contributed by atoms with van der Waals surface area (Å²) in [5, 5.41) is 6.77. The molecule has 0 spiro atoms. The smallest absolute Gasteiger partial charge is 0.191 e. The van der Waals surface area contributed by atoms with Crippen LogP contribution in [0.4, 0.5) is 0 Å². The summed E-state index contributed by atoms with van der Waals surface area (Å²) in [6.45, 7) is 8.96. The minimum absolute atomic E-state index is 0.300. The molecule has 1 aromatic rings. The zero-order valence-electron chi connectivity index (χ0n) is 15.9. The van der Waals surface area contributed by atoms with Crippen LogP contribution in [0.3, 0.4) is 0 Å². The van der Waals surface area contributed by atoms with Crippen LogP contribution < -0.4 is 10.6 Å². The molecule has 6 heteroatoms. The number of hydrogen-bond donors (Lipinski definition) is 2. The predicted octanol–water partition coefficient (Wildman–Crippen LogP) is 2.32. The van der Waals surface area contributed by atoms with Gasteiger partial charge in [-0.15, -0.1) is 0 Å². The Bertz CT molecular complexity index is 542. The Morgan fingerprint density at radius 1 is 1.20 bits per heavy atom. The summed E-state index contributed by atoms with van der Waals surface area (Å²) < 4.78 is 5.84. The number of benzene rings is 1. The summed E-state index contributed by atoms with van der Waals surface area (Å²) >= 11 is 1.83. The molecule has 1 aliphatic heterocycles. The topological polar surface area (TPSA) is 48.9 Å². The average Bonchev–Trinajstić information content (AvgIpc) is 2.58. The number of hydrogen-bond acceptors (Lipinski definition) is 4. The molecule has 140 valence electrons. The van der Waals surface area contributed by atoms with Crippen LogP contribution >= 0.6 is 11.8 Å². The Hall–Kier alpha value is -1.24. The number of rotatable bonds is 7. The highest BCUT2D eigenvalue weighted by Crippen LogP contribution is 2.17. The predicted molar refractivity (Wildman–Crippen MR) is 108 cm³/mol. The molecule has 1 aromatic carbocycles. The second kappa shape index (κ2) is 10.7. The Kier molecular flexibility index (Phi) is 8.58. The highest BCUT2D eigenvalue weighted by atomic mass is 32.2. The lowest BCUT2D eigenvalue weighted by molar-refractivity contribution is -0.0705. The standard InChI is InChI=1S/C19H32N4OS/c1-15-12-23(13-16(2)24-15)14-18-8-6-5-7-17(18)11-22-19(20-3)21-9-10-25-4/h5-8,15-16H,9-14H2,1-4H3,(H2,20,21,22). The van der Waals surface area contributed by atoms with Crippen LogP contribution in [-0.2, 0) is 17.8 Å². The lowest BCUT2D eigenvalue weighted by Crippen LogP contribution is -2.45. The molecule has 0 radical (unpaired) electrons. The summed E-state index contributed by atoms with van der Waals surface area (Å²) in [5.74, 6) is 1.93. The zero-order chi connectivity index (χ0) is 18.1. The van der Waals surface area contributed by atoms with Crippen LogP contribution in [0.2, 0.25) is 0 Å². The summed E-state index contributed by atoms with van der Waals surface area (Å²) in [6.07, 6.45) is 2.71. The largest absolute Gasteiger partial charge is 0.373 e. The molecule has 2 atom stereocenters. The van der Waals surface area contributed by atoms with Crippen molar-refractivity contribution in [2.24, 2.45) is 4.99 Å². The first-order chi connectivity index (χ1) is 12.1. The molecule has 0 bridgehead atoms. The second-order valence-corrected chi connectivity index (χ2v) is 7.55. The Morgan fingerprint density at radius 2 is 1.88 bits per heavy atom. The van der Waals surface area contributed by atoms with E-state index in [9.17, 15) is 0 Å². The van der Waals surface area contributed by atoms with E-state index >= 15 is 0 Å². The molecule has 0 aliphatic carbocycles. The van der Waals surface area contributed by atoms with Gasteiger partial charge in [0.05, 0.1) is 12.2 Å². The van der Waals surface area contributed by atoms with Crippen molar-refractivity contribution in [1.82, 2.24) is 15.5 Å². The first-order valence-electron chi connectivity index (χ1n) is 9.00. The van der Waals surface area contributed by atoms with Crippen LogP contribution in [0.15, 0.2) is 29.3 Å². The molecule has 2 rings (SSSR count). The molecule has 25 heavy (non-hydrogen) atoms. The van der Waals surface area contributed by atoms with E-state index in [0.29, 0.717) is 12.2 Å². The maximum absolute atomic E-state index is 5.84. The molecule has 1 heterocycles. The van der Waals surface area contributed by atoms with Crippen molar-refractivity contribution >= 4 is 17.7 Å². The van der Waals surface area contributed by atoms with Crippen molar-refractivity contribution in [2.45, 2.75) is 39.1 Å². The van der Waals surface area contributed by atoms with E-state index in [1.807, 2.05) is 18.8 Å². The van der Waals surface area contributed by atoms with Gasteiger partial charge < -0.3 is 15.4 Å². The van der Waals surface area contributed by atoms with Gasteiger partial charge >= 0.3 is 0 Å². The quantitative estimate of drug-likeness (QED) is 0.442. The third-order valence-corrected chi connectivity index (χ3v) is 4.89. The van der Waals surface area contributed by atoms with Gasteiger partial charge in [0.2, 0.25) is 0 Å². The first-order valence-corrected chi connectivity index (χ1v) is 10.4. The maximum Gasteiger partial charge on any atom is 0.191 e. The van der Waals surface area contributed by atoms with Crippen LogP contribution in [0.25, 0.3) is 0 Å². The fourth-order valence-electron chi connectivity index (χ4n) is 3.21. The Labute approximate surface area is 156 Å². The van der Waals surface area contributed by atoms with Gasteiger partial charge in [-0.3, -0.25) is 9.89 Å². The van der Waals surface area contributed by atoms with Gasteiger partial charge in [0.25, 0.3) is 0 Å². The molecule has 0 aromatic heterocycles. The van der Waals surface area contributed by atoms with Crippen LogP contribution in [0.1, 0.15) is 25.0 Å². The number of thioether (sulfide) groups is 1. The van der Waals surface area contributed by atoms with E-state index in [4.69, 9.17) is 4.74 Å². The highest BCUT2D eigenvalue weighted by molar-refractivity contribution is 7.98. The van der Waals surface area contributed by atoms with E-state index in [2.05, 4.69) is 64.9 Å². The van der Waals surface area contributed by atoms with Gasteiger partial charge in [0.1, 0.15) is 0 Å². The summed E-state index contributed by atoms with van der Waals surface area (Å²) in [4.78, 5) is 6.79. The minimum atomic E-state index is 0.300. The van der Waals surface area contributed by atoms with E-state index in [-0.39, 0.29) is 0 Å². The molecule has 1 saturated heterocycles. The SMILES string of the molecule is CN=C(NCCSC)NCc1ccccc1CN1CC(C)OC(C)C1. The molecule has 0 amide bonds. The highest BCUT2D eigenvalue weighted by Gasteiger charge is 2.22. The lowest BCUT2D eigenvalue weighted by atomic mass is 10.1. The van der Waals surface area contributed by atoms with Crippen molar-refractivity contribution < 1.29 is 4.74 Å². The molecule has 0 saturated carbocycles. The van der Waals surface area contributed by atoms with Crippen LogP contribution in [-0.4, -0.2) is 61.8 Å². The van der Waals surface area contributed by atoms with Crippen molar-refractivity contribution in [1.29, 1.82) is 0 Å². The van der Waals surface area contributed by atoms with Gasteiger partial charge in [0, 0.05) is 45.5 Å². The van der Waals surface area contributed by atoms with E-state index < -0.39 is 0 Å². The summed E-state index contributed by atoms with van der Waals surface area (Å²) in [5.41, 5.74) is 2.69. The monoisotopic (exact) mass is 364 g/mol. The van der Waals surface area contributed by atoms with E-state index in [1.54, 1.807) is 0 Å². The Morgan fingerprint density at radius 3 is 2.52 bits per heavy atom. The third kappa shape index (κ3) is 6.88. The number of guanidine groups is 1. The van der Waals surface area contributed by atoms with E-state index in [0.717, 1.165) is 44.4 Å². The average molecular weight is 365 g/mol. The van der Waals surface area contributed by atoms with Gasteiger partial charge in [-0.05, 0) is 31.2 Å². The molecule has 2 N–H and O–H groups in total. The summed E-state index contributed by atoms with van der Waals surface area (Å²) in [7, 11) is 1.82. The maximum atomic E-state index is 5.84. The van der Waals surface area contributed by atoms with Crippen molar-refractivity contribution in [2.75, 3.05) is 38.7 Å². The van der Waals surface area contributed by atoms with Gasteiger partial charge in [0.15, 0.2) is 5.96 Å². The first kappa shape index (κ1) is 20.1. The molecule has 1 aliphatic rings. The van der Waals surface area contributed by atoms with Crippen molar-refractivity contribution in [3.8, 4) is 0 Å². The number of ether oxygens (including phenoxy) is 1. The van der Waals surface area contributed by atoms with Crippen molar-refractivity contribution in [3.63, 3.8) is 0 Å². The fraction of sp³-hybridized carbons (Fsp3) is 0.632. The number of morpholine rings is 1. The van der Waals surface area contributed by atoms with Gasteiger partial charge in [-0.1, -0.05) is 24.3 Å². The van der Waals surface area contributed by atoms with E-state index in [1.165, 1.54) is 11.1 Å². The zero-order valence-corrected chi connectivity index (χ0v) is 16.7. The molecule has 2 unspecified atom stereocenters. The molecular formula is C19H32N4OS. The number of aliphatic imine (C=N–C) groups is 1. The van der Waals surface area contributed by atoms with Gasteiger partial charge in [-0.2, -0.15) is 11.8 Å². The molecule has 5 nitrogen and oxygen atoms in total. The lowest BCUT2D eigenvalue weighted by Gasteiger charge is -2.35. The Balaban J connectivity index is 1.93. The van der Waals surface area contributed by atoms with Crippen LogP contribution in [0, 0.1) is 0 Å². The van der Waals surface area contributed by atoms with Crippen LogP contribution in [0.5, 0.6) is 0 Å². The van der Waals surface area contributed by atoms with Crippen molar-refractivity contribution in [3.05, 3.63) is 35.4 Å². The normalized spacial score (nSPS) is 22.0. The number of nitrogens with zero attached hydrogens (tertiary/aromatic N) is 2. The second-order valence-electron chi connectivity index (χ2n) is 6.57. The third-order valence-electron chi connectivity index (χ3n) is 4.28. The number of nitrogens with one attached hydrogen (secondary N) is 2. The summed E-state index contributed by atoms with van der Waals surface area (Å²) in [6, 6.07) is 8.66.